The number of hydrogen-bond donors (Lipinski definition) is 2. The third-order valence-corrected chi connectivity index (χ3v) is 6.83. The topological polar surface area (TPSA) is 66.6 Å². The minimum Gasteiger partial charge on any atom is -0.478 e. The number of hydrazine groups is 1. The van der Waals surface area contributed by atoms with E-state index in [9.17, 15) is 9.90 Å². The van der Waals surface area contributed by atoms with E-state index in [1.165, 1.54) is 10.5 Å². The van der Waals surface area contributed by atoms with Gasteiger partial charge in [0.25, 0.3) is 0 Å². The number of nitrogens with two attached hydrogens (primary N) is 1. The van der Waals surface area contributed by atoms with Crippen LogP contribution in [-0.4, -0.2) is 29.2 Å². The minimum absolute atomic E-state index is 0.155. The fraction of sp³-hybridized carbons (Fsp3) is 0.476. The number of allylic oxidation sites excluding steroid dienone is 2. The molecule has 1 aliphatic heterocycles. The zero-order valence-corrected chi connectivity index (χ0v) is 16.7. The second kappa shape index (κ2) is 7.14. The van der Waals surface area contributed by atoms with Crippen LogP contribution in [0.15, 0.2) is 29.9 Å². The van der Waals surface area contributed by atoms with E-state index in [1.807, 2.05) is 13.0 Å². The van der Waals surface area contributed by atoms with E-state index >= 15 is 0 Å². The summed E-state index contributed by atoms with van der Waals surface area (Å²) in [6, 6.07) is 0. The van der Waals surface area contributed by atoms with Gasteiger partial charge in [-0.3, -0.25) is 5.84 Å². The molecule has 26 heavy (non-hydrogen) atoms. The smallest absolute Gasteiger partial charge is 0.337 e. The number of carboxylic acid groups (broad SMARTS) is 1. The lowest BCUT2D eigenvalue weighted by molar-refractivity contribution is 0.0695. The van der Waals surface area contributed by atoms with Crippen molar-refractivity contribution in [3.63, 3.8) is 0 Å². The summed E-state index contributed by atoms with van der Waals surface area (Å²) >= 11 is 1.67. The lowest BCUT2D eigenvalue weighted by Gasteiger charge is -2.29. The van der Waals surface area contributed by atoms with Gasteiger partial charge < -0.3 is 5.11 Å². The molecule has 0 radical (unpaired) electrons. The van der Waals surface area contributed by atoms with Gasteiger partial charge in [-0.25, -0.2) is 9.80 Å². The third-order valence-electron chi connectivity index (χ3n) is 5.50. The maximum absolute atomic E-state index is 12.2. The number of nitrogens with zero attached hydrogens (tertiary/aromatic N) is 1. The van der Waals surface area contributed by atoms with Crippen molar-refractivity contribution >= 4 is 22.9 Å². The van der Waals surface area contributed by atoms with E-state index in [2.05, 4.69) is 26.5 Å². The summed E-state index contributed by atoms with van der Waals surface area (Å²) in [7, 11) is 0. The zero-order chi connectivity index (χ0) is 19.1. The van der Waals surface area contributed by atoms with Crippen molar-refractivity contribution in [2.75, 3.05) is 13.1 Å². The fourth-order valence-electron chi connectivity index (χ4n) is 4.08. The molecule has 2 aliphatic rings. The van der Waals surface area contributed by atoms with Crippen molar-refractivity contribution in [2.45, 2.75) is 46.5 Å². The summed E-state index contributed by atoms with van der Waals surface area (Å²) in [6.07, 6.45) is 7.63. The molecule has 1 aromatic heterocycles. The molecule has 1 aliphatic carbocycles. The average Bonchev–Trinajstić information content (AvgIpc) is 2.93. The van der Waals surface area contributed by atoms with E-state index in [0.29, 0.717) is 12.1 Å². The number of aromatic carboxylic acids is 1. The Kier molecular flexibility index (Phi) is 5.24. The molecule has 0 amide bonds. The van der Waals surface area contributed by atoms with Gasteiger partial charge in [0.1, 0.15) is 0 Å². The lowest BCUT2D eigenvalue weighted by atomic mass is 9.75. The number of aryl methyl sites for hydroxylation is 1. The lowest BCUT2D eigenvalue weighted by Crippen LogP contribution is -2.37. The number of hydrogen-bond acceptors (Lipinski definition) is 4. The molecule has 4 nitrogen and oxygen atoms in total. The molecule has 3 N–H and O–H groups in total. The monoisotopic (exact) mass is 372 g/mol. The predicted octanol–water partition coefficient (Wildman–Crippen LogP) is 4.43. The van der Waals surface area contributed by atoms with Crippen molar-refractivity contribution < 1.29 is 9.90 Å². The third kappa shape index (κ3) is 3.43. The van der Waals surface area contributed by atoms with Crippen molar-refractivity contribution in [1.82, 2.24) is 5.01 Å². The molecule has 0 bridgehead atoms. The molecule has 0 saturated heterocycles. The number of carbonyl (C=O) groups is 1. The normalized spacial score (nSPS) is 20.8. The minimum atomic E-state index is -0.813. The summed E-state index contributed by atoms with van der Waals surface area (Å²) in [5.41, 5.74) is 5.03. The van der Waals surface area contributed by atoms with Crippen LogP contribution in [0.4, 0.5) is 0 Å². The molecule has 140 valence electrons. The second-order valence-electron chi connectivity index (χ2n) is 7.98. The van der Waals surface area contributed by atoms with Gasteiger partial charge in [0.15, 0.2) is 0 Å². The maximum Gasteiger partial charge on any atom is 0.337 e. The Morgan fingerprint density at radius 3 is 2.73 bits per heavy atom. The summed E-state index contributed by atoms with van der Waals surface area (Å²) in [5, 5.41) is 11.8. The number of fused-ring (bicyclic) bond motifs is 1. The molecule has 5 heteroatoms. The Hall–Kier alpha value is -1.69. The number of carboxylic acids is 1. The van der Waals surface area contributed by atoms with E-state index in [-0.39, 0.29) is 5.41 Å². The van der Waals surface area contributed by atoms with Gasteiger partial charge in [0.2, 0.25) is 0 Å². The molecule has 3 rings (SSSR count). The SMILES string of the molecule is C=CC1=C(/C(=C\C)c2sc3c(c2C(=O)O)CC(C)(C)CC3)CCN(N)C1. The standard InChI is InChI=1S/C21H28N2O2S/c1-5-13-12-23(22)10-8-15(13)14(6-2)19-18(20(24)25)16-11-21(3,4)9-7-17(16)26-19/h5-6H,1,7-12,22H2,2-4H3,(H,24,25)/b14-6+. The highest BCUT2D eigenvalue weighted by Gasteiger charge is 2.34. The van der Waals surface area contributed by atoms with Gasteiger partial charge in [-0.15, -0.1) is 11.3 Å². The molecule has 0 aromatic carbocycles. The van der Waals surface area contributed by atoms with Crippen molar-refractivity contribution in [3.8, 4) is 0 Å². The summed E-state index contributed by atoms with van der Waals surface area (Å²) in [5.74, 6) is 5.16. The first-order chi connectivity index (χ1) is 12.3. The zero-order valence-electron chi connectivity index (χ0n) is 15.9. The summed E-state index contributed by atoms with van der Waals surface area (Å²) in [4.78, 5) is 14.3. The number of rotatable bonds is 4. The Morgan fingerprint density at radius 1 is 1.38 bits per heavy atom. The highest BCUT2D eigenvalue weighted by molar-refractivity contribution is 7.13. The van der Waals surface area contributed by atoms with Crippen LogP contribution in [0.1, 0.15) is 59.3 Å². The molecule has 1 aromatic rings. The van der Waals surface area contributed by atoms with E-state index in [1.54, 1.807) is 16.3 Å². The van der Waals surface area contributed by atoms with Crippen LogP contribution in [0.3, 0.4) is 0 Å². The first-order valence-corrected chi connectivity index (χ1v) is 9.98. The molecule has 2 heterocycles. The Labute approximate surface area is 159 Å². The van der Waals surface area contributed by atoms with Crippen LogP contribution >= 0.6 is 11.3 Å². The van der Waals surface area contributed by atoms with Gasteiger partial charge in [-0.1, -0.05) is 32.6 Å². The summed E-state index contributed by atoms with van der Waals surface area (Å²) in [6.45, 7) is 11.8. The summed E-state index contributed by atoms with van der Waals surface area (Å²) < 4.78 is 0. The van der Waals surface area contributed by atoms with Crippen LogP contribution in [0.2, 0.25) is 0 Å². The molecule has 0 atom stereocenters. The van der Waals surface area contributed by atoms with Gasteiger partial charge >= 0.3 is 5.97 Å². The van der Waals surface area contributed by atoms with Crippen LogP contribution in [-0.2, 0) is 12.8 Å². The molecule has 0 saturated carbocycles. The van der Waals surface area contributed by atoms with Crippen molar-refractivity contribution in [1.29, 1.82) is 0 Å². The van der Waals surface area contributed by atoms with Crippen LogP contribution in [0.25, 0.3) is 5.57 Å². The molecular formula is C21H28N2O2S. The molecule has 0 unspecified atom stereocenters. The highest BCUT2D eigenvalue weighted by atomic mass is 32.1. The quantitative estimate of drug-likeness (QED) is 0.768. The molecular weight excluding hydrogens is 344 g/mol. The number of thiophene rings is 1. The second-order valence-corrected chi connectivity index (χ2v) is 9.09. The predicted molar refractivity (Wildman–Crippen MR) is 108 cm³/mol. The first kappa shape index (κ1) is 19.1. The van der Waals surface area contributed by atoms with E-state index in [4.69, 9.17) is 5.84 Å². The first-order valence-electron chi connectivity index (χ1n) is 9.16. The largest absolute Gasteiger partial charge is 0.478 e. The Bertz CT molecular complexity index is 814. The van der Waals surface area contributed by atoms with E-state index in [0.717, 1.165) is 53.8 Å². The molecule has 0 fully saturated rings. The average molecular weight is 373 g/mol. The Balaban J connectivity index is 2.15. The van der Waals surface area contributed by atoms with Gasteiger partial charge in [0, 0.05) is 22.8 Å². The van der Waals surface area contributed by atoms with Crippen LogP contribution in [0.5, 0.6) is 0 Å². The van der Waals surface area contributed by atoms with Crippen LogP contribution < -0.4 is 5.84 Å². The van der Waals surface area contributed by atoms with Gasteiger partial charge in [-0.05, 0) is 60.3 Å². The van der Waals surface area contributed by atoms with Crippen molar-refractivity contribution in [3.05, 3.63) is 50.8 Å². The van der Waals surface area contributed by atoms with E-state index < -0.39 is 5.97 Å². The van der Waals surface area contributed by atoms with Gasteiger partial charge in [-0.2, -0.15) is 0 Å². The molecule has 0 spiro atoms. The van der Waals surface area contributed by atoms with Crippen LogP contribution in [0, 0.1) is 5.41 Å². The highest BCUT2D eigenvalue weighted by Crippen LogP contribution is 2.45. The fourth-order valence-corrected chi connectivity index (χ4v) is 5.49. The van der Waals surface area contributed by atoms with Gasteiger partial charge in [0.05, 0.1) is 5.56 Å². The maximum atomic E-state index is 12.2. The van der Waals surface area contributed by atoms with Crippen molar-refractivity contribution in [2.24, 2.45) is 11.3 Å². The Morgan fingerprint density at radius 2 is 2.12 bits per heavy atom.